The van der Waals surface area contributed by atoms with Gasteiger partial charge in [-0.15, -0.1) is 22.7 Å². The predicted octanol–water partition coefficient (Wildman–Crippen LogP) is 16.0. The van der Waals surface area contributed by atoms with E-state index in [1.807, 2.05) is 22.7 Å². The summed E-state index contributed by atoms with van der Waals surface area (Å²) in [5.74, 6) is 0. The molecule has 0 amide bonds. The number of rotatable bonds is 3. The zero-order chi connectivity index (χ0) is 43.5. The number of hydrogen-bond acceptors (Lipinski definition) is 6. The van der Waals surface area contributed by atoms with Gasteiger partial charge in [0.05, 0.1) is 16.1 Å². The summed E-state index contributed by atoms with van der Waals surface area (Å²) in [5, 5.41) is 9.55. The van der Waals surface area contributed by atoms with E-state index >= 15 is 0 Å². The van der Waals surface area contributed by atoms with Gasteiger partial charge in [0.2, 0.25) is 0 Å². The Morgan fingerprint density at radius 2 is 0.821 bits per heavy atom. The molecule has 0 fully saturated rings. The van der Waals surface area contributed by atoms with Gasteiger partial charge in [-0.3, -0.25) is 0 Å². The first-order chi connectivity index (χ1) is 33.3. The van der Waals surface area contributed by atoms with Crippen molar-refractivity contribution in [3.63, 3.8) is 0 Å². The van der Waals surface area contributed by atoms with Crippen molar-refractivity contribution in [3.8, 4) is 11.1 Å². The van der Waals surface area contributed by atoms with Crippen molar-refractivity contribution in [3.05, 3.63) is 200 Å². The van der Waals surface area contributed by atoms with Gasteiger partial charge < -0.3 is 18.6 Å². The van der Waals surface area contributed by atoms with Crippen molar-refractivity contribution >= 4 is 164 Å². The molecule has 7 heteroatoms. The number of hydrogen-bond donors (Lipinski definition) is 0. The number of nitrogens with zero attached hydrogens (tertiary/aromatic N) is 2. The number of thiophene rings is 2. The van der Waals surface area contributed by atoms with Crippen LogP contribution in [0.2, 0.25) is 0 Å². The second kappa shape index (κ2) is 13.3. The first kappa shape index (κ1) is 36.2. The zero-order valence-electron chi connectivity index (χ0n) is 35.7. The molecule has 6 heterocycles. The fraction of sp³-hybridized carbons (Fsp3) is 0. The molecule has 4 nitrogen and oxygen atoms in total. The second-order valence-electron chi connectivity index (χ2n) is 17.8. The fourth-order valence-corrected chi connectivity index (χ4v) is 14.3. The Balaban J connectivity index is 1.20. The van der Waals surface area contributed by atoms with Gasteiger partial charge in [0.15, 0.2) is 5.58 Å². The Hall–Kier alpha value is -8.10. The van der Waals surface area contributed by atoms with Crippen LogP contribution in [0.4, 0.5) is 34.1 Å². The molecule has 2 aliphatic heterocycles. The van der Waals surface area contributed by atoms with E-state index in [-0.39, 0.29) is 6.71 Å². The van der Waals surface area contributed by atoms with Crippen LogP contribution in [-0.2, 0) is 0 Å². The molecule has 4 aromatic heterocycles. The maximum atomic E-state index is 7.44. The summed E-state index contributed by atoms with van der Waals surface area (Å²) in [7, 11) is 0. The van der Waals surface area contributed by atoms with E-state index in [2.05, 4.69) is 210 Å². The van der Waals surface area contributed by atoms with Crippen LogP contribution in [0.3, 0.4) is 0 Å². The maximum absolute atomic E-state index is 7.44. The molecule has 2 aliphatic rings. The molecule has 0 spiro atoms. The second-order valence-corrected chi connectivity index (χ2v) is 19.9. The van der Waals surface area contributed by atoms with Crippen LogP contribution in [0.15, 0.2) is 209 Å². The molecule has 0 bridgehead atoms. The van der Waals surface area contributed by atoms with Gasteiger partial charge in [-0.1, -0.05) is 140 Å². The van der Waals surface area contributed by atoms with Gasteiger partial charge in [-0.2, -0.15) is 0 Å². The SMILES string of the molecule is c1ccc(-c2cc3c4c(c2)N(c2ccccc2)c2c(c5oc6ccccc6c5c5c2sc2ccccc25)B4c2c(c4oc5ccccc5c4c4c2sc2ccccc24)N3c2ccccc2)cc1. The van der Waals surface area contributed by atoms with Crippen molar-refractivity contribution < 1.29 is 8.83 Å². The van der Waals surface area contributed by atoms with Crippen molar-refractivity contribution in [1.82, 2.24) is 0 Å². The number of benzene rings is 10. The number of anilines is 6. The Morgan fingerprint density at radius 3 is 1.43 bits per heavy atom. The molecule has 10 aromatic carbocycles. The van der Waals surface area contributed by atoms with Crippen LogP contribution in [-0.4, -0.2) is 6.71 Å². The quantitative estimate of drug-likeness (QED) is 0.166. The van der Waals surface area contributed by atoms with E-state index < -0.39 is 0 Å². The smallest absolute Gasteiger partial charge is 0.259 e. The van der Waals surface area contributed by atoms with Crippen LogP contribution >= 0.6 is 22.7 Å². The Labute approximate surface area is 391 Å². The average Bonchev–Trinajstić information content (AvgIpc) is 4.17. The molecule has 14 aromatic rings. The Kier molecular flexibility index (Phi) is 7.16. The third-order valence-corrected chi connectivity index (χ3v) is 16.8. The lowest BCUT2D eigenvalue weighted by Gasteiger charge is -2.44. The first-order valence-electron chi connectivity index (χ1n) is 22.8. The predicted molar refractivity (Wildman–Crippen MR) is 286 cm³/mol. The summed E-state index contributed by atoms with van der Waals surface area (Å²) in [6.07, 6.45) is 0. The fourth-order valence-electron chi connectivity index (χ4n) is 11.8. The molecular formula is C60H33BN2O2S2. The molecule has 67 heavy (non-hydrogen) atoms. The normalized spacial score (nSPS) is 13.3. The van der Waals surface area contributed by atoms with Gasteiger partial charge in [0.25, 0.3) is 6.71 Å². The molecule has 0 aliphatic carbocycles. The third-order valence-electron chi connectivity index (χ3n) is 14.4. The van der Waals surface area contributed by atoms with Gasteiger partial charge in [-0.25, -0.2) is 0 Å². The van der Waals surface area contributed by atoms with Gasteiger partial charge >= 0.3 is 0 Å². The maximum Gasteiger partial charge on any atom is 0.259 e. The highest BCUT2D eigenvalue weighted by Gasteiger charge is 2.49. The minimum atomic E-state index is -0.259. The summed E-state index contributed by atoms with van der Waals surface area (Å²) in [5.41, 5.74) is 16.2. The summed E-state index contributed by atoms with van der Waals surface area (Å²) in [6.45, 7) is -0.259. The molecule has 310 valence electrons. The molecule has 16 rings (SSSR count). The van der Waals surface area contributed by atoms with Crippen molar-refractivity contribution in [1.29, 1.82) is 0 Å². The van der Waals surface area contributed by atoms with Crippen LogP contribution in [0.5, 0.6) is 0 Å². The number of para-hydroxylation sites is 4. The lowest BCUT2D eigenvalue weighted by atomic mass is 9.33. The standard InChI is InChI=1S/C60H33BN2O2S2/c1-4-18-34(19-5-1)35-32-42-52-43(33-35)63(37-22-8-3-9-23-37)56-53(57-48(38-24-10-14-28-44(38)64-57)51-41-27-13-17-31-47(41)67-60(51)56)61(52)54-55(62(42)36-20-6-2-7-21-36)58-49(39-25-11-15-29-45(39)65-58)50-40-26-12-16-30-46(40)66-59(50)54/h1-33H. The lowest BCUT2D eigenvalue weighted by Crippen LogP contribution is -2.61. The molecular weight excluding hydrogens is 856 g/mol. The first-order valence-corrected chi connectivity index (χ1v) is 24.4. The highest BCUT2D eigenvalue weighted by molar-refractivity contribution is 7.29. The van der Waals surface area contributed by atoms with E-state index in [0.717, 1.165) is 78.1 Å². The molecule has 0 unspecified atom stereocenters. The van der Waals surface area contributed by atoms with E-state index in [9.17, 15) is 0 Å². The third kappa shape index (κ3) is 4.72. The highest BCUT2D eigenvalue weighted by Crippen LogP contribution is 2.56. The summed E-state index contributed by atoms with van der Waals surface area (Å²) < 4.78 is 19.8. The number of furan rings is 2. The zero-order valence-corrected chi connectivity index (χ0v) is 37.3. The van der Waals surface area contributed by atoms with E-state index in [0.29, 0.717) is 0 Å². The molecule has 0 saturated carbocycles. The summed E-state index contributed by atoms with van der Waals surface area (Å²) >= 11 is 3.80. The Morgan fingerprint density at radius 1 is 0.358 bits per heavy atom. The topological polar surface area (TPSA) is 32.8 Å². The molecule has 0 radical (unpaired) electrons. The molecule has 0 N–H and O–H groups in total. The average molecular weight is 889 g/mol. The minimum Gasteiger partial charge on any atom is -0.456 e. The van der Waals surface area contributed by atoms with Gasteiger partial charge in [-0.05, 0) is 88.2 Å². The van der Waals surface area contributed by atoms with E-state index in [4.69, 9.17) is 8.83 Å². The Bertz CT molecular complexity index is 4160. The van der Waals surface area contributed by atoms with E-state index in [1.54, 1.807) is 0 Å². The number of fused-ring (bicyclic) bond motifs is 22. The van der Waals surface area contributed by atoms with Crippen molar-refractivity contribution in [2.24, 2.45) is 0 Å². The molecule has 0 atom stereocenters. The van der Waals surface area contributed by atoms with E-state index in [1.165, 1.54) is 67.8 Å². The van der Waals surface area contributed by atoms with Crippen molar-refractivity contribution in [2.75, 3.05) is 9.80 Å². The monoisotopic (exact) mass is 888 g/mol. The minimum absolute atomic E-state index is 0.259. The van der Waals surface area contributed by atoms with Crippen LogP contribution < -0.4 is 26.2 Å². The van der Waals surface area contributed by atoms with Crippen LogP contribution in [0.1, 0.15) is 0 Å². The molecule has 0 saturated heterocycles. The van der Waals surface area contributed by atoms with Crippen LogP contribution in [0, 0.1) is 0 Å². The van der Waals surface area contributed by atoms with Gasteiger partial charge in [0, 0.05) is 79.9 Å². The summed E-state index contributed by atoms with van der Waals surface area (Å²) in [6, 6.07) is 72.8. The van der Waals surface area contributed by atoms with Gasteiger partial charge in [0.1, 0.15) is 16.7 Å². The van der Waals surface area contributed by atoms with Crippen LogP contribution in [0.25, 0.3) is 95.3 Å². The van der Waals surface area contributed by atoms with Crippen molar-refractivity contribution in [2.45, 2.75) is 0 Å². The highest BCUT2D eigenvalue weighted by atomic mass is 32.1. The largest absolute Gasteiger partial charge is 0.456 e. The lowest BCUT2D eigenvalue weighted by molar-refractivity contribution is 0.669. The summed E-state index contributed by atoms with van der Waals surface area (Å²) in [4.78, 5) is 5.09.